The summed E-state index contributed by atoms with van der Waals surface area (Å²) in [5.41, 5.74) is 0.539. The molecular formula is C15H31N. The van der Waals surface area contributed by atoms with E-state index >= 15 is 0 Å². The number of hydrogen-bond acceptors (Lipinski definition) is 1. The molecule has 1 aliphatic rings. The predicted molar refractivity (Wildman–Crippen MR) is 72.7 cm³/mol. The van der Waals surface area contributed by atoms with E-state index in [4.69, 9.17) is 0 Å². The largest absolute Gasteiger partial charge is 0.320 e. The summed E-state index contributed by atoms with van der Waals surface area (Å²) in [4.78, 5) is 0. The van der Waals surface area contributed by atoms with Gasteiger partial charge in [0.05, 0.1) is 0 Å². The molecule has 1 N–H and O–H groups in total. The molecule has 0 aromatic rings. The van der Waals surface area contributed by atoms with Gasteiger partial charge in [-0.3, -0.25) is 0 Å². The van der Waals surface area contributed by atoms with Crippen LogP contribution in [0.15, 0.2) is 0 Å². The van der Waals surface area contributed by atoms with Crippen LogP contribution in [-0.4, -0.2) is 13.6 Å². The summed E-state index contributed by atoms with van der Waals surface area (Å²) in [5, 5.41) is 3.23. The number of rotatable bonds is 5. The minimum absolute atomic E-state index is 0.539. The van der Waals surface area contributed by atoms with Gasteiger partial charge in [0.2, 0.25) is 0 Å². The van der Waals surface area contributed by atoms with E-state index in [2.05, 4.69) is 33.1 Å². The van der Waals surface area contributed by atoms with Gasteiger partial charge in [-0.1, -0.05) is 46.5 Å². The lowest BCUT2D eigenvalue weighted by Crippen LogP contribution is -2.25. The Morgan fingerprint density at radius 2 is 1.62 bits per heavy atom. The van der Waals surface area contributed by atoms with Crippen LogP contribution in [0.5, 0.6) is 0 Å². The van der Waals surface area contributed by atoms with E-state index in [1.54, 1.807) is 0 Å². The van der Waals surface area contributed by atoms with E-state index in [1.165, 1.54) is 51.5 Å². The van der Waals surface area contributed by atoms with Crippen LogP contribution in [0, 0.1) is 17.3 Å². The van der Waals surface area contributed by atoms with Gasteiger partial charge in [0.1, 0.15) is 0 Å². The van der Waals surface area contributed by atoms with Crippen molar-refractivity contribution in [3.8, 4) is 0 Å². The summed E-state index contributed by atoms with van der Waals surface area (Å²) < 4.78 is 0. The molecule has 0 unspecified atom stereocenters. The number of nitrogens with one attached hydrogen (secondary N) is 1. The van der Waals surface area contributed by atoms with Gasteiger partial charge in [-0.2, -0.15) is 0 Å². The van der Waals surface area contributed by atoms with Crippen molar-refractivity contribution in [3.63, 3.8) is 0 Å². The van der Waals surface area contributed by atoms with E-state index < -0.39 is 0 Å². The number of hydrogen-bond donors (Lipinski definition) is 1. The molecule has 1 saturated carbocycles. The lowest BCUT2D eigenvalue weighted by atomic mass is 9.69. The second kappa shape index (κ2) is 6.64. The first-order chi connectivity index (χ1) is 7.54. The first-order valence-electron chi connectivity index (χ1n) is 7.18. The standard InChI is InChI=1S/C15H31N/c1-15(2,3)14-10-8-13(9-11-14)7-5-6-12-16-4/h13-14,16H,5-12H2,1-4H3. The first kappa shape index (κ1) is 14.0. The molecule has 0 atom stereocenters. The van der Waals surface area contributed by atoms with Crippen LogP contribution in [0.2, 0.25) is 0 Å². The predicted octanol–water partition coefficient (Wildman–Crippen LogP) is 4.23. The van der Waals surface area contributed by atoms with Crippen molar-refractivity contribution in [2.75, 3.05) is 13.6 Å². The average molecular weight is 225 g/mol. The van der Waals surface area contributed by atoms with Gasteiger partial charge in [0, 0.05) is 0 Å². The van der Waals surface area contributed by atoms with Crippen LogP contribution in [0.3, 0.4) is 0 Å². The van der Waals surface area contributed by atoms with Crippen molar-refractivity contribution in [2.24, 2.45) is 17.3 Å². The molecule has 96 valence electrons. The molecule has 0 bridgehead atoms. The normalized spacial score (nSPS) is 27.0. The molecule has 0 aliphatic heterocycles. The van der Waals surface area contributed by atoms with E-state index in [-0.39, 0.29) is 0 Å². The van der Waals surface area contributed by atoms with Crippen molar-refractivity contribution in [1.29, 1.82) is 0 Å². The van der Waals surface area contributed by atoms with Crippen molar-refractivity contribution >= 4 is 0 Å². The molecule has 0 saturated heterocycles. The minimum atomic E-state index is 0.539. The smallest absolute Gasteiger partial charge is 0.00519 e. The fraction of sp³-hybridized carbons (Fsp3) is 1.00. The zero-order chi connectivity index (χ0) is 12.0. The third kappa shape index (κ3) is 4.86. The molecule has 0 radical (unpaired) electrons. The molecule has 0 heterocycles. The minimum Gasteiger partial charge on any atom is -0.320 e. The third-order valence-electron chi connectivity index (χ3n) is 4.36. The van der Waals surface area contributed by atoms with E-state index in [1.807, 2.05) is 0 Å². The second-order valence-corrected chi connectivity index (χ2v) is 6.68. The van der Waals surface area contributed by atoms with Crippen molar-refractivity contribution in [3.05, 3.63) is 0 Å². The van der Waals surface area contributed by atoms with E-state index in [0.717, 1.165) is 11.8 Å². The molecule has 1 rings (SSSR count). The van der Waals surface area contributed by atoms with E-state index in [0.29, 0.717) is 5.41 Å². The van der Waals surface area contributed by atoms with Crippen LogP contribution in [0.25, 0.3) is 0 Å². The molecule has 1 nitrogen and oxygen atoms in total. The Balaban J connectivity index is 2.12. The van der Waals surface area contributed by atoms with Gasteiger partial charge >= 0.3 is 0 Å². The Morgan fingerprint density at radius 1 is 1.00 bits per heavy atom. The Labute approximate surface area is 102 Å². The summed E-state index contributed by atoms with van der Waals surface area (Å²) in [6.07, 6.45) is 10.2. The Kier molecular flexibility index (Phi) is 5.82. The zero-order valence-electron chi connectivity index (χ0n) is 11.8. The van der Waals surface area contributed by atoms with Gasteiger partial charge in [-0.05, 0) is 50.1 Å². The second-order valence-electron chi connectivity index (χ2n) is 6.68. The quantitative estimate of drug-likeness (QED) is 0.691. The van der Waals surface area contributed by atoms with Gasteiger partial charge in [0.15, 0.2) is 0 Å². The molecule has 1 aliphatic carbocycles. The fourth-order valence-corrected chi connectivity index (χ4v) is 3.05. The maximum absolute atomic E-state index is 3.23. The average Bonchev–Trinajstić information content (AvgIpc) is 2.24. The Morgan fingerprint density at radius 3 is 2.12 bits per heavy atom. The highest BCUT2D eigenvalue weighted by atomic mass is 14.8. The van der Waals surface area contributed by atoms with Gasteiger partial charge in [0.25, 0.3) is 0 Å². The van der Waals surface area contributed by atoms with Crippen LogP contribution >= 0.6 is 0 Å². The van der Waals surface area contributed by atoms with E-state index in [9.17, 15) is 0 Å². The molecule has 1 fully saturated rings. The SMILES string of the molecule is CNCCCCC1CCC(C(C)(C)C)CC1. The maximum Gasteiger partial charge on any atom is -0.00519 e. The van der Waals surface area contributed by atoms with Crippen LogP contribution in [0.1, 0.15) is 65.7 Å². The highest BCUT2D eigenvalue weighted by molar-refractivity contribution is 4.80. The molecule has 0 aromatic carbocycles. The summed E-state index contributed by atoms with van der Waals surface area (Å²) >= 11 is 0. The van der Waals surface area contributed by atoms with Crippen LogP contribution in [-0.2, 0) is 0 Å². The summed E-state index contributed by atoms with van der Waals surface area (Å²) in [7, 11) is 2.05. The van der Waals surface area contributed by atoms with Gasteiger partial charge < -0.3 is 5.32 Å². The number of unbranched alkanes of at least 4 members (excludes halogenated alkanes) is 1. The molecular weight excluding hydrogens is 194 g/mol. The highest BCUT2D eigenvalue weighted by Gasteiger charge is 2.29. The van der Waals surface area contributed by atoms with Crippen LogP contribution < -0.4 is 5.32 Å². The first-order valence-corrected chi connectivity index (χ1v) is 7.18. The Bertz CT molecular complexity index is 172. The monoisotopic (exact) mass is 225 g/mol. The van der Waals surface area contributed by atoms with Gasteiger partial charge in [-0.25, -0.2) is 0 Å². The summed E-state index contributed by atoms with van der Waals surface area (Å²) in [5.74, 6) is 2.01. The Hall–Kier alpha value is -0.0400. The topological polar surface area (TPSA) is 12.0 Å². The van der Waals surface area contributed by atoms with Crippen LogP contribution in [0.4, 0.5) is 0 Å². The fourth-order valence-electron chi connectivity index (χ4n) is 3.05. The van der Waals surface area contributed by atoms with Gasteiger partial charge in [-0.15, -0.1) is 0 Å². The molecule has 16 heavy (non-hydrogen) atoms. The third-order valence-corrected chi connectivity index (χ3v) is 4.36. The molecule has 0 amide bonds. The summed E-state index contributed by atoms with van der Waals surface area (Å²) in [6, 6.07) is 0. The van der Waals surface area contributed by atoms with Crippen molar-refractivity contribution in [1.82, 2.24) is 5.32 Å². The highest BCUT2D eigenvalue weighted by Crippen LogP contribution is 2.40. The summed E-state index contributed by atoms with van der Waals surface area (Å²) in [6.45, 7) is 8.41. The maximum atomic E-state index is 3.23. The van der Waals surface area contributed by atoms with Crippen molar-refractivity contribution < 1.29 is 0 Å². The lowest BCUT2D eigenvalue weighted by Gasteiger charge is -2.37. The zero-order valence-corrected chi connectivity index (χ0v) is 11.8. The lowest BCUT2D eigenvalue weighted by molar-refractivity contribution is 0.145. The molecule has 0 spiro atoms. The molecule has 1 heteroatoms. The van der Waals surface area contributed by atoms with Crippen molar-refractivity contribution in [2.45, 2.75) is 65.7 Å². The molecule has 0 aromatic heterocycles.